The number of hydrogen-bond acceptors (Lipinski definition) is 2. The lowest BCUT2D eigenvalue weighted by molar-refractivity contribution is -0.0254. The maximum absolute atomic E-state index is 13.7. The van der Waals surface area contributed by atoms with Gasteiger partial charge in [-0.1, -0.05) is 35.3 Å². The predicted molar refractivity (Wildman–Crippen MR) is 105 cm³/mol. The Hall–Kier alpha value is -1.13. The van der Waals surface area contributed by atoms with Gasteiger partial charge in [-0.15, -0.1) is 0 Å². The van der Waals surface area contributed by atoms with Gasteiger partial charge >= 0.3 is 0 Å². The van der Waals surface area contributed by atoms with Gasteiger partial charge in [-0.2, -0.15) is 0 Å². The molecule has 1 fully saturated rings. The van der Waals surface area contributed by atoms with Crippen molar-refractivity contribution < 1.29 is 9.50 Å². The van der Waals surface area contributed by atoms with Gasteiger partial charge in [0.05, 0.1) is 5.60 Å². The van der Waals surface area contributed by atoms with E-state index in [0.29, 0.717) is 28.8 Å². The average Bonchev–Trinajstić information content (AvgIpc) is 2.56. The smallest absolute Gasteiger partial charge is 0.123 e. The van der Waals surface area contributed by atoms with Crippen LogP contribution in [0.3, 0.4) is 0 Å². The summed E-state index contributed by atoms with van der Waals surface area (Å²) in [5, 5.41) is 12.2. The molecule has 1 saturated carbocycles. The lowest BCUT2D eigenvalue weighted by Crippen LogP contribution is -2.36. The SMILES string of the molecule is CN(C)C(c1cccc(F)c1)C1CCC(O)(c2cc(Cl)cc(Cl)c2)CC1. The van der Waals surface area contributed by atoms with E-state index in [4.69, 9.17) is 23.2 Å². The first kappa shape index (κ1) is 19.6. The summed E-state index contributed by atoms with van der Waals surface area (Å²) < 4.78 is 13.7. The van der Waals surface area contributed by atoms with Gasteiger partial charge < -0.3 is 10.0 Å². The molecule has 0 radical (unpaired) electrons. The third kappa shape index (κ3) is 4.23. The molecule has 0 heterocycles. The van der Waals surface area contributed by atoms with E-state index >= 15 is 0 Å². The van der Waals surface area contributed by atoms with Crippen molar-refractivity contribution in [3.05, 3.63) is 69.5 Å². The number of benzene rings is 2. The van der Waals surface area contributed by atoms with Crippen LogP contribution >= 0.6 is 23.2 Å². The molecule has 1 aliphatic rings. The first-order valence-electron chi connectivity index (χ1n) is 8.89. The highest BCUT2D eigenvalue weighted by Crippen LogP contribution is 2.45. The normalized spacial score (nSPS) is 24.7. The minimum atomic E-state index is -0.913. The zero-order valence-corrected chi connectivity index (χ0v) is 16.6. The van der Waals surface area contributed by atoms with Crippen molar-refractivity contribution >= 4 is 23.2 Å². The Morgan fingerprint density at radius 3 is 2.23 bits per heavy atom. The molecule has 3 rings (SSSR count). The number of hydrogen-bond donors (Lipinski definition) is 1. The van der Waals surface area contributed by atoms with Crippen LogP contribution in [0.2, 0.25) is 10.0 Å². The predicted octanol–water partition coefficient (Wildman–Crippen LogP) is 5.81. The number of aliphatic hydroxyl groups is 1. The van der Waals surface area contributed by atoms with Crippen LogP contribution in [0.15, 0.2) is 42.5 Å². The van der Waals surface area contributed by atoms with Gasteiger partial charge in [-0.25, -0.2) is 4.39 Å². The van der Waals surface area contributed by atoms with Gasteiger partial charge in [0.15, 0.2) is 0 Å². The second-order valence-corrected chi connectivity index (χ2v) is 8.36. The molecule has 0 aromatic heterocycles. The summed E-state index contributed by atoms with van der Waals surface area (Å²) in [4.78, 5) is 2.14. The van der Waals surface area contributed by atoms with E-state index in [-0.39, 0.29) is 11.9 Å². The maximum atomic E-state index is 13.7. The van der Waals surface area contributed by atoms with E-state index in [1.54, 1.807) is 30.3 Å². The molecule has 26 heavy (non-hydrogen) atoms. The van der Waals surface area contributed by atoms with E-state index in [2.05, 4.69) is 4.90 Å². The molecule has 2 aromatic rings. The molecule has 0 amide bonds. The third-order valence-corrected chi connectivity index (χ3v) is 5.89. The number of rotatable bonds is 4. The number of nitrogens with zero attached hydrogens (tertiary/aromatic N) is 1. The molecule has 0 saturated heterocycles. The quantitative estimate of drug-likeness (QED) is 0.705. The van der Waals surface area contributed by atoms with Crippen LogP contribution < -0.4 is 0 Å². The van der Waals surface area contributed by atoms with Crippen molar-refractivity contribution in [3.63, 3.8) is 0 Å². The Morgan fingerprint density at radius 2 is 1.69 bits per heavy atom. The van der Waals surface area contributed by atoms with E-state index in [1.165, 1.54) is 6.07 Å². The zero-order valence-electron chi connectivity index (χ0n) is 15.1. The highest BCUT2D eigenvalue weighted by molar-refractivity contribution is 6.34. The molecule has 2 nitrogen and oxygen atoms in total. The molecule has 0 bridgehead atoms. The van der Waals surface area contributed by atoms with Crippen LogP contribution in [0, 0.1) is 11.7 Å². The highest BCUT2D eigenvalue weighted by atomic mass is 35.5. The Kier molecular flexibility index (Phi) is 5.93. The monoisotopic (exact) mass is 395 g/mol. The van der Waals surface area contributed by atoms with Gasteiger partial charge in [0.2, 0.25) is 0 Å². The molecule has 2 aromatic carbocycles. The van der Waals surface area contributed by atoms with Crippen molar-refractivity contribution in [3.8, 4) is 0 Å². The fraction of sp³-hybridized carbons (Fsp3) is 0.429. The second-order valence-electron chi connectivity index (χ2n) is 7.49. The fourth-order valence-electron chi connectivity index (χ4n) is 4.23. The standard InChI is InChI=1S/C21H24Cl2FNO/c1-25(2)20(15-4-3-5-19(24)10-15)14-6-8-21(26,9-7-14)16-11-17(22)13-18(23)12-16/h3-5,10-14,20,26H,6-9H2,1-2H3. The first-order chi connectivity index (χ1) is 12.3. The minimum Gasteiger partial charge on any atom is -0.385 e. The van der Waals surface area contributed by atoms with Gasteiger partial charge in [0, 0.05) is 16.1 Å². The summed E-state index contributed by atoms with van der Waals surface area (Å²) in [5.41, 5.74) is 0.848. The number of halogens is 3. The summed E-state index contributed by atoms with van der Waals surface area (Å²) in [5.74, 6) is 0.136. The van der Waals surface area contributed by atoms with Crippen molar-refractivity contribution in [1.82, 2.24) is 4.90 Å². The molecule has 1 atom stereocenters. The zero-order chi connectivity index (χ0) is 18.9. The summed E-state index contributed by atoms with van der Waals surface area (Å²) in [6.07, 6.45) is 2.96. The molecule has 1 aliphatic carbocycles. The van der Waals surface area contributed by atoms with Crippen LogP contribution in [0.1, 0.15) is 42.9 Å². The van der Waals surface area contributed by atoms with Crippen LogP contribution in [0.5, 0.6) is 0 Å². The highest BCUT2D eigenvalue weighted by Gasteiger charge is 2.38. The third-order valence-electron chi connectivity index (χ3n) is 5.45. The summed E-state index contributed by atoms with van der Waals surface area (Å²) in [6.45, 7) is 0. The van der Waals surface area contributed by atoms with Gasteiger partial charge in [-0.3, -0.25) is 0 Å². The molecule has 0 spiro atoms. The van der Waals surface area contributed by atoms with Crippen molar-refractivity contribution in [2.45, 2.75) is 37.3 Å². The molecule has 0 aliphatic heterocycles. The van der Waals surface area contributed by atoms with Crippen LogP contribution in [0.4, 0.5) is 4.39 Å². The lowest BCUT2D eigenvalue weighted by Gasteiger charge is -2.41. The Labute approximate surface area is 164 Å². The van der Waals surface area contributed by atoms with Gasteiger partial charge in [0.1, 0.15) is 5.82 Å². The largest absolute Gasteiger partial charge is 0.385 e. The van der Waals surface area contributed by atoms with Crippen LogP contribution in [-0.2, 0) is 5.60 Å². The maximum Gasteiger partial charge on any atom is 0.123 e. The van der Waals surface area contributed by atoms with Gasteiger partial charge in [-0.05, 0) is 87.2 Å². The van der Waals surface area contributed by atoms with Crippen LogP contribution in [0.25, 0.3) is 0 Å². The molecular weight excluding hydrogens is 372 g/mol. The summed E-state index contributed by atoms with van der Waals surface area (Å²) >= 11 is 12.2. The summed E-state index contributed by atoms with van der Waals surface area (Å²) in [7, 11) is 4.04. The van der Waals surface area contributed by atoms with Crippen LogP contribution in [-0.4, -0.2) is 24.1 Å². The van der Waals surface area contributed by atoms with E-state index in [0.717, 1.165) is 24.0 Å². The molecular formula is C21H24Cl2FNO. The molecule has 5 heteroatoms. The average molecular weight is 396 g/mol. The van der Waals surface area contributed by atoms with Crippen molar-refractivity contribution in [2.24, 2.45) is 5.92 Å². The molecule has 140 valence electrons. The Bertz CT molecular complexity index is 752. The Morgan fingerprint density at radius 1 is 1.08 bits per heavy atom. The van der Waals surface area contributed by atoms with E-state index < -0.39 is 5.60 Å². The lowest BCUT2D eigenvalue weighted by atomic mass is 9.71. The van der Waals surface area contributed by atoms with Crippen molar-refractivity contribution in [2.75, 3.05) is 14.1 Å². The second kappa shape index (κ2) is 7.85. The van der Waals surface area contributed by atoms with Crippen molar-refractivity contribution in [1.29, 1.82) is 0 Å². The molecule has 1 unspecified atom stereocenters. The minimum absolute atomic E-state index is 0.123. The first-order valence-corrected chi connectivity index (χ1v) is 9.65. The summed E-state index contributed by atoms with van der Waals surface area (Å²) in [6, 6.07) is 12.2. The Balaban J connectivity index is 1.79. The van der Waals surface area contributed by atoms with Gasteiger partial charge in [0.25, 0.3) is 0 Å². The van der Waals surface area contributed by atoms with E-state index in [9.17, 15) is 9.50 Å². The molecule has 1 N–H and O–H groups in total. The van der Waals surface area contributed by atoms with E-state index in [1.807, 2.05) is 20.2 Å². The fourth-order valence-corrected chi connectivity index (χ4v) is 4.75. The topological polar surface area (TPSA) is 23.5 Å².